The SMILES string of the molecule is CC(C#N)NC(=O)C1Cc2ccc(OCCN)c(c2)-c2cc(ccc2OCCN)C(N(C)C(=O)C(CCCCN)NC(=O)c2ccc(-c3ccc(Cl)cc3)cc2)C(=O)NC(C)C(=O)N1. The number of nitrogens with one attached hydrogen (secondary N) is 4. The molecule has 0 saturated heterocycles. The van der Waals surface area contributed by atoms with Crippen LogP contribution in [0, 0.1) is 11.3 Å². The van der Waals surface area contributed by atoms with Crippen LogP contribution in [0.25, 0.3) is 22.3 Å². The van der Waals surface area contributed by atoms with Crippen molar-refractivity contribution < 1.29 is 33.4 Å². The molecule has 0 aromatic heterocycles. The highest BCUT2D eigenvalue weighted by Crippen LogP contribution is 2.40. The summed E-state index contributed by atoms with van der Waals surface area (Å²) in [5.74, 6) is -2.32. The summed E-state index contributed by atoms with van der Waals surface area (Å²) in [6.45, 7) is 4.02. The fraction of sp³-hybridized carbons (Fsp3) is 0.362. The Morgan fingerprint density at radius 2 is 1.44 bits per heavy atom. The van der Waals surface area contributed by atoms with Crippen molar-refractivity contribution in [3.8, 4) is 39.8 Å². The van der Waals surface area contributed by atoms with Crippen LogP contribution < -0.4 is 47.9 Å². The monoisotopic (exact) mass is 893 g/mol. The summed E-state index contributed by atoms with van der Waals surface area (Å²) >= 11 is 6.07. The molecule has 1 aliphatic rings. The summed E-state index contributed by atoms with van der Waals surface area (Å²) in [5.41, 5.74) is 21.5. The largest absolute Gasteiger partial charge is 0.492 e. The first-order valence-corrected chi connectivity index (χ1v) is 21.5. The van der Waals surface area contributed by atoms with Crippen molar-refractivity contribution in [2.24, 2.45) is 17.2 Å². The summed E-state index contributed by atoms with van der Waals surface area (Å²) < 4.78 is 12.2. The zero-order valence-corrected chi connectivity index (χ0v) is 37.0. The van der Waals surface area contributed by atoms with E-state index in [2.05, 4.69) is 21.3 Å². The van der Waals surface area contributed by atoms with Crippen molar-refractivity contribution in [1.29, 1.82) is 5.26 Å². The molecule has 5 amide bonds. The molecule has 64 heavy (non-hydrogen) atoms. The quantitative estimate of drug-likeness (QED) is 0.0757. The van der Waals surface area contributed by atoms with Gasteiger partial charge in [0.15, 0.2) is 0 Å². The van der Waals surface area contributed by atoms with Crippen LogP contribution in [0.15, 0.2) is 84.9 Å². The Morgan fingerprint density at radius 3 is 2.05 bits per heavy atom. The second-order valence-electron chi connectivity index (χ2n) is 15.5. The smallest absolute Gasteiger partial charge is 0.251 e. The Morgan fingerprint density at radius 1 is 0.828 bits per heavy atom. The van der Waals surface area contributed by atoms with Crippen LogP contribution in [0.5, 0.6) is 11.5 Å². The molecule has 0 aliphatic carbocycles. The number of benzene rings is 4. The number of likely N-dealkylation sites (N-methyl/N-ethyl adjacent to an activating group) is 1. The molecule has 0 radical (unpaired) electrons. The van der Waals surface area contributed by atoms with E-state index in [1.807, 2.05) is 18.2 Å². The Hall–Kier alpha value is -6.51. The fourth-order valence-corrected chi connectivity index (χ4v) is 7.38. The lowest BCUT2D eigenvalue weighted by molar-refractivity contribution is -0.141. The summed E-state index contributed by atoms with van der Waals surface area (Å²) in [6.07, 6.45) is 1.28. The van der Waals surface area contributed by atoms with Crippen molar-refractivity contribution in [2.45, 2.75) is 69.7 Å². The minimum absolute atomic E-state index is 0.00284. The molecule has 5 unspecified atom stereocenters. The average molecular weight is 894 g/mol. The van der Waals surface area contributed by atoms with E-state index >= 15 is 0 Å². The molecule has 338 valence electrons. The molecule has 17 heteroatoms. The number of amides is 5. The molecule has 1 heterocycles. The van der Waals surface area contributed by atoms with E-state index in [1.165, 1.54) is 25.8 Å². The highest BCUT2D eigenvalue weighted by molar-refractivity contribution is 6.30. The Balaban J connectivity index is 1.59. The number of nitrogens with zero attached hydrogens (tertiary/aromatic N) is 2. The molecule has 0 fully saturated rings. The van der Waals surface area contributed by atoms with Crippen LogP contribution >= 0.6 is 11.6 Å². The number of carbonyl (C=O) groups excluding carboxylic acids is 5. The maximum atomic E-state index is 14.8. The van der Waals surface area contributed by atoms with E-state index in [4.69, 9.17) is 38.3 Å². The zero-order valence-electron chi connectivity index (χ0n) is 36.2. The summed E-state index contributed by atoms with van der Waals surface area (Å²) in [7, 11) is 1.45. The first-order valence-electron chi connectivity index (χ1n) is 21.2. The van der Waals surface area contributed by atoms with Crippen LogP contribution in [0.1, 0.15) is 60.6 Å². The molecule has 5 atom stereocenters. The summed E-state index contributed by atoms with van der Waals surface area (Å²) in [5, 5.41) is 21.0. The molecule has 4 aromatic rings. The second-order valence-corrected chi connectivity index (χ2v) is 15.9. The van der Waals surface area contributed by atoms with E-state index in [-0.39, 0.29) is 39.1 Å². The molecular weight excluding hydrogens is 838 g/mol. The van der Waals surface area contributed by atoms with E-state index in [9.17, 15) is 29.2 Å². The predicted molar refractivity (Wildman–Crippen MR) is 244 cm³/mol. The third kappa shape index (κ3) is 12.6. The van der Waals surface area contributed by atoms with E-state index in [1.54, 1.807) is 72.8 Å². The molecule has 1 aliphatic heterocycles. The van der Waals surface area contributed by atoms with Crippen molar-refractivity contribution in [1.82, 2.24) is 26.2 Å². The fourth-order valence-electron chi connectivity index (χ4n) is 7.25. The van der Waals surface area contributed by atoms with E-state index < -0.39 is 59.7 Å². The highest BCUT2D eigenvalue weighted by atomic mass is 35.5. The summed E-state index contributed by atoms with van der Waals surface area (Å²) in [4.78, 5) is 71.8. The van der Waals surface area contributed by atoms with Gasteiger partial charge in [-0.2, -0.15) is 5.26 Å². The number of fused-ring (bicyclic) bond motifs is 5. The third-order valence-corrected chi connectivity index (χ3v) is 10.9. The van der Waals surface area contributed by atoms with Crippen molar-refractivity contribution in [3.05, 3.63) is 107 Å². The first-order chi connectivity index (χ1) is 30.8. The van der Waals surface area contributed by atoms with Gasteiger partial charge in [0.05, 0.1) is 6.07 Å². The van der Waals surface area contributed by atoms with Gasteiger partial charge in [-0.1, -0.05) is 48.0 Å². The zero-order chi connectivity index (χ0) is 46.3. The number of hydrogen-bond donors (Lipinski definition) is 7. The lowest BCUT2D eigenvalue weighted by atomic mass is 9.93. The Bertz CT molecular complexity index is 2320. The van der Waals surface area contributed by atoms with Gasteiger partial charge in [-0.25, -0.2) is 0 Å². The van der Waals surface area contributed by atoms with Crippen molar-refractivity contribution in [3.63, 3.8) is 0 Å². The number of carbonyl (C=O) groups is 5. The van der Waals surface area contributed by atoms with Crippen LogP contribution in [0.2, 0.25) is 5.02 Å². The second kappa shape index (κ2) is 23.3. The minimum Gasteiger partial charge on any atom is -0.492 e. The third-order valence-electron chi connectivity index (χ3n) is 10.6. The molecule has 10 N–H and O–H groups in total. The Labute approximate surface area is 378 Å². The van der Waals surface area contributed by atoms with E-state index in [0.29, 0.717) is 63.7 Å². The number of rotatable bonds is 17. The molecular formula is C47H56ClN9O7. The van der Waals surface area contributed by atoms with Crippen molar-refractivity contribution >= 4 is 41.1 Å². The van der Waals surface area contributed by atoms with Gasteiger partial charge < -0.3 is 52.8 Å². The maximum Gasteiger partial charge on any atom is 0.251 e. The molecule has 4 aromatic carbocycles. The lowest BCUT2D eigenvalue weighted by Crippen LogP contribution is -2.56. The highest BCUT2D eigenvalue weighted by Gasteiger charge is 2.36. The maximum absolute atomic E-state index is 14.8. The Kier molecular flexibility index (Phi) is 17.6. The topological polar surface area (TPSA) is 257 Å². The number of nitrogens with two attached hydrogens (primary N) is 3. The predicted octanol–water partition coefficient (Wildman–Crippen LogP) is 3.35. The van der Waals surface area contributed by atoms with Crippen LogP contribution in [0.3, 0.4) is 0 Å². The number of hydrogen-bond acceptors (Lipinski definition) is 11. The summed E-state index contributed by atoms with van der Waals surface area (Å²) in [6, 6.07) is 20.8. The van der Waals surface area contributed by atoms with Crippen LogP contribution in [-0.2, 0) is 25.6 Å². The normalized spacial score (nSPS) is 17.0. The van der Waals surface area contributed by atoms with Gasteiger partial charge >= 0.3 is 0 Å². The molecule has 5 rings (SSSR count). The van der Waals surface area contributed by atoms with E-state index in [0.717, 1.165) is 11.1 Å². The van der Waals surface area contributed by atoms with Gasteiger partial charge in [-0.05, 0) is 110 Å². The minimum atomic E-state index is -1.37. The van der Waals surface area contributed by atoms with Crippen LogP contribution in [-0.4, -0.2) is 98.5 Å². The standard InChI is InChI=1S/C47H56ClN9O7/c1-28(27-52)53-45(60)39-25-30-7-17-40(63-22-20-50)36(24-30)37-26-34(14-18-41(37)64-23-21-51)42(46(61)54-29(2)43(58)56-39)57(3)47(62)38(6-4-5-19-49)55-44(59)33-10-8-31(9-11-33)32-12-15-35(48)16-13-32/h7-18,24,26,28-29,38-39,42H,4-6,19-23,25,49-51H2,1-3H3,(H,53,60)(H,54,61)(H,55,59)(H,56,58). The number of halogens is 1. The van der Waals surface area contributed by atoms with Gasteiger partial charge in [-0.15, -0.1) is 0 Å². The van der Waals surface area contributed by atoms with Crippen LogP contribution in [0.4, 0.5) is 0 Å². The molecule has 16 nitrogen and oxygen atoms in total. The van der Waals surface area contributed by atoms with Gasteiger partial charge in [-0.3, -0.25) is 24.0 Å². The molecule has 4 bridgehead atoms. The van der Waals surface area contributed by atoms with Gasteiger partial charge in [0, 0.05) is 48.3 Å². The van der Waals surface area contributed by atoms with Crippen molar-refractivity contribution in [2.75, 3.05) is 39.9 Å². The molecule has 0 saturated carbocycles. The van der Waals surface area contributed by atoms with Gasteiger partial charge in [0.25, 0.3) is 5.91 Å². The number of unbranched alkanes of at least 4 members (excludes halogenated alkanes) is 1. The van der Waals surface area contributed by atoms with Gasteiger partial charge in [0.1, 0.15) is 54.9 Å². The number of nitriles is 1. The first kappa shape index (κ1) is 48.5. The average Bonchev–Trinajstić information content (AvgIpc) is 3.29. The lowest BCUT2D eigenvalue weighted by Gasteiger charge is -2.33. The van der Waals surface area contributed by atoms with Gasteiger partial charge in [0.2, 0.25) is 23.6 Å². The molecule has 0 spiro atoms. The number of ether oxygens (including phenoxy) is 2.